The molecule has 46 valence electrons. The lowest BCUT2D eigenvalue weighted by Gasteiger charge is -1.89. The van der Waals surface area contributed by atoms with Gasteiger partial charge in [0.25, 0.3) is 0 Å². The van der Waals surface area contributed by atoms with Gasteiger partial charge >= 0.3 is 5.43 Å². The molecule has 0 radical (unpaired) electrons. The largest absolute Gasteiger partial charge is 0.449 e. The number of hydrogen-bond acceptors (Lipinski definition) is 2. The van der Waals surface area contributed by atoms with E-state index >= 15 is 0 Å². The molecule has 0 amide bonds. The van der Waals surface area contributed by atoms with Crippen molar-refractivity contribution in [2.75, 3.05) is 6.61 Å². The van der Waals surface area contributed by atoms with Gasteiger partial charge in [-0.3, -0.25) is 0 Å². The van der Waals surface area contributed by atoms with Crippen LogP contribution in [0.5, 0.6) is 0 Å². The third-order valence-electron chi connectivity index (χ3n) is 0.382. The molecule has 0 aromatic heterocycles. The summed E-state index contributed by atoms with van der Waals surface area (Å²) in [5.74, 6) is 0. The smallest absolute Gasteiger partial charge is 0.404 e. The van der Waals surface area contributed by atoms with Crippen LogP contribution in [0.3, 0.4) is 0 Å². The summed E-state index contributed by atoms with van der Waals surface area (Å²) in [4.78, 5) is 9.83. The fourth-order valence-electron chi connectivity index (χ4n) is 0.150. The van der Waals surface area contributed by atoms with E-state index in [0.29, 0.717) is 0 Å². The van der Waals surface area contributed by atoms with E-state index in [1.165, 1.54) is 0 Å². The van der Waals surface area contributed by atoms with Crippen LogP contribution in [0.1, 0.15) is 0 Å². The fraction of sp³-hybridized carbons (Fsp3) is 0.250. The SMILES string of the molecule is O=C(Cl)OC/C=C/I. The quantitative estimate of drug-likeness (QED) is 0.552. The molecule has 0 spiro atoms. The Morgan fingerprint density at radius 1 is 1.88 bits per heavy atom. The van der Waals surface area contributed by atoms with E-state index in [-0.39, 0.29) is 6.61 Å². The lowest BCUT2D eigenvalue weighted by atomic mass is 10.7. The van der Waals surface area contributed by atoms with Crippen molar-refractivity contribution >= 4 is 39.6 Å². The molecular weight excluding hydrogens is 242 g/mol. The summed E-state index contributed by atoms with van der Waals surface area (Å²) in [7, 11) is 0. The van der Waals surface area contributed by atoms with Crippen molar-refractivity contribution in [3.8, 4) is 0 Å². The Hall–Kier alpha value is 0.230. The van der Waals surface area contributed by atoms with Crippen molar-refractivity contribution in [2.45, 2.75) is 0 Å². The first-order valence-corrected chi connectivity index (χ1v) is 3.47. The molecule has 4 heteroatoms. The van der Waals surface area contributed by atoms with E-state index in [2.05, 4.69) is 4.74 Å². The molecule has 0 fully saturated rings. The van der Waals surface area contributed by atoms with Gasteiger partial charge in [0.05, 0.1) is 0 Å². The van der Waals surface area contributed by atoms with Crippen LogP contribution in [0.15, 0.2) is 10.2 Å². The van der Waals surface area contributed by atoms with Crippen LogP contribution in [0, 0.1) is 0 Å². The maximum absolute atomic E-state index is 9.83. The van der Waals surface area contributed by atoms with Crippen LogP contribution >= 0.6 is 34.2 Å². The number of ether oxygens (including phenoxy) is 1. The number of carbonyl (C=O) groups is 1. The predicted octanol–water partition coefficient (Wildman–Crippen LogP) is 2.31. The van der Waals surface area contributed by atoms with Gasteiger partial charge in [-0.1, -0.05) is 22.6 Å². The zero-order valence-electron chi connectivity index (χ0n) is 3.93. The number of carbonyl (C=O) groups excluding carboxylic acids is 1. The minimum atomic E-state index is -0.764. The van der Waals surface area contributed by atoms with Gasteiger partial charge in [0.15, 0.2) is 0 Å². The molecule has 0 saturated carbocycles. The molecule has 0 aromatic carbocycles. The van der Waals surface area contributed by atoms with Gasteiger partial charge < -0.3 is 4.74 Å². The molecule has 0 rings (SSSR count). The maximum atomic E-state index is 9.83. The van der Waals surface area contributed by atoms with Crippen molar-refractivity contribution < 1.29 is 9.53 Å². The summed E-state index contributed by atoms with van der Waals surface area (Å²) >= 11 is 6.84. The monoisotopic (exact) mass is 246 g/mol. The highest BCUT2D eigenvalue weighted by Crippen LogP contribution is 1.88. The first-order chi connectivity index (χ1) is 3.77. The first kappa shape index (κ1) is 8.23. The van der Waals surface area contributed by atoms with Crippen molar-refractivity contribution in [1.29, 1.82) is 0 Å². The molecule has 0 bridgehead atoms. The van der Waals surface area contributed by atoms with Gasteiger partial charge in [-0.2, -0.15) is 0 Å². The second kappa shape index (κ2) is 5.37. The van der Waals surface area contributed by atoms with Crippen LogP contribution in [-0.2, 0) is 4.74 Å². The van der Waals surface area contributed by atoms with Gasteiger partial charge in [0.2, 0.25) is 0 Å². The Labute approximate surface area is 66.0 Å². The van der Waals surface area contributed by atoms with Gasteiger partial charge in [0.1, 0.15) is 6.61 Å². The molecule has 0 atom stereocenters. The normalized spacial score (nSPS) is 9.75. The molecule has 8 heavy (non-hydrogen) atoms. The van der Waals surface area contributed by atoms with Crippen LogP contribution in [0.25, 0.3) is 0 Å². The summed E-state index contributed by atoms with van der Waals surface area (Å²) in [6.07, 6.45) is 1.68. The molecule has 0 unspecified atom stereocenters. The lowest BCUT2D eigenvalue weighted by Crippen LogP contribution is -1.91. The summed E-state index contributed by atoms with van der Waals surface area (Å²) in [6, 6.07) is 0. The maximum Gasteiger partial charge on any atom is 0.404 e. The fourth-order valence-corrected chi connectivity index (χ4v) is 0.421. The molecule has 0 N–H and O–H groups in total. The molecule has 0 saturated heterocycles. The first-order valence-electron chi connectivity index (χ1n) is 1.85. The predicted molar refractivity (Wildman–Crippen MR) is 40.4 cm³/mol. The number of hydrogen-bond donors (Lipinski definition) is 0. The van der Waals surface area contributed by atoms with Crippen LogP contribution in [0.4, 0.5) is 4.79 Å². The summed E-state index contributed by atoms with van der Waals surface area (Å²) in [5.41, 5.74) is -0.764. The summed E-state index contributed by atoms with van der Waals surface area (Å²) < 4.78 is 6.06. The Morgan fingerprint density at radius 2 is 2.50 bits per heavy atom. The van der Waals surface area contributed by atoms with Crippen molar-refractivity contribution in [2.24, 2.45) is 0 Å². The summed E-state index contributed by atoms with van der Waals surface area (Å²) in [6.45, 7) is 0.255. The average molecular weight is 246 g/mol. The highest BCUT2D eigenvalue weighted by atomic mass is 127. The second-order valence-corrected chi connectivity index (χ2v) is 1.94. The molecule has 0 heterocycles. The van der Waals surface area contributed by atoms with Gasteiger partial charge in [-0.05, 0) is 10.2 Å². The van der Waals surface area contributed by atoms with Gasteiger partial charge in [-0.15, -0.1) is 0 Å². The van der Waals surface area contributed by atoms with Gasteiger partial charge in [0, 0.05) is 11.6 Å². The average Bonchev–Trinajstić information content (AvgIpc) is 1.66. The van der Waals surface area contributed by atoms with E-state index in [4.69, 9.17) is 11.6 Å². The molecular formula is C4H4ClIO2. The molecule has 2 nitrogen and oxygen atoms in total. The van der Waals surface area contributed by atoms with Crippen LogP contribution in [0.2, 0.25) is 0 Å². The minimum absolute atomic E-state index is 0.255. The molecule has 0 aliphatic carbocycles. The zero-order chi connectivity index (χ0) is 6.41. The lowest BCUT2D eigenvalue weighted by molar-refractivity contribution is 0.186. The third-order valence-corrected chi connectivity index (χ3v) is 1.000. The molecule has 0 aliphatic heterocycles. The van der Waals surface area contributed by atoms with E-state index in [1.54, 1.807) is 10.2 Å². The number of halogens is 2. The Bertz CT molecular complexity index is 102. The zero-order valence-corrected chi connectivity index (χ0v) is 6.85. The highest BCUT2D eigenvalue weighted by Gasteiger charge is 1.88. The van der Waals surface area contributed by atoms with Gasteiger partial charge in [-0.25, -0.2) is 4.79 Å². The third kappa shape index (κ3) is 6.23. The second-order valence-electron chi connectivity index (χ2n) is 0.910. The van der Waals surface area contributed by atoms with Crippen molar-refractivity contribution in [3.05, 3.63) is 10.2 Å². The van der Waals surface area contributed by atoms with E-state index in [9.17, 15) is 4.79 Å². The molecule has 0 aliphatic rings. The van der Waals surface area contributed by atoms with Crippen molar-refractivity contribution in [3.63, 3.8) is 0 Å². The van der Waals surface area contributed by atoms with Crippen LogP contribution in [-0.4, -0.2) is 12.0 Å². The van der Waals surface area contributed by atoms with E-state index in [0.717, 1.165) is 0 Å². The minimum Gasteiger partial charge on any atom is -0.449 e. The Balaban J connectivity index is 3.05. The topological polar surface area (TPSA) is 26.3 Å². The van der Waals surface area contributed by atoms with Crippen molar-refractivity contribution in [1.82, 2.24) is 0 Å². The standard InChI is InChI=1S/C4H4ClIO2/c5-4(7)8-3-1-2-6/h1-2H,3H2/b2-1+. The van der Waals surface area contributed by atoms with Crippen LogP contribution < -0.4 is 0 Å². The Morgan fingerprint density at radius 3 is 2.88 bits per heavy atom. The highest BCUT2D eigenvalue weighted by molar-refractivity contribution is 14.1. The van der Waals surface area contributed by atoms with E-state index in [1.807, 2.05) is 22.6 Å². The van der Waals surface area contributed by atoms with E-state index < -0.39 is 5.43 Å². The summed E-state index contributed by atoms with van der Waals surface area (Å²) in [5, 5.41) is 0. The number of rotatable bonds is 2. The Kier molecular flexibility index (Phi) is 5.52. The molecule has 0 aromatic rings.